The summed E-state index contributed by atoms with van der Waals surface area (Å²) in [5.41, 5.74) is 2.02. The summed E-state index contributed by atoms with van der Waals surface area (Å²) >= 11 is 6.02. The first-order valence-electron chi connectivity index (χ1n) is 7.94. The van der Waals surface area contributed by atoms with Crippen LogP contribution in [0.2, 0.25) is 5.02 Å². The SMILES string of the molecule is Cc1cnn(C2CN(C(C)c3nnc(-c4cccc(Cl)c4)o3)C2)c1. The van der Waals surface area contributed by atoms with Crippen LogP contribution in [0, 0.1) is 6.92 Å². The lowest BCUT2D eigenvalue weighted by atomic mass is 10.1. The lowest BCUT2D eigenvalue weighted by molar-refractivity contribution is 0.0484. The molecule has 0 aliphatic carbocycles. The molecular weight excluding hydrogens is 326 g/mol. The summed E-state index contributed by atoms with van der Waals surface area (Å²) in [6.45, 7) is 5.99. The highest BCUT2D eigenvalue weighted by Gasteiger charge is 2.34. The van der Waals surface area contributed by atoms with Crippen molar-refractivity contribution in [2.24, 2.45) is 0 Å². The van der Waals surface area contributed by atoms with Crippen LogP contribution in [-0.2, 0) is 0 Å². The maximum atomic E-state index is 6.02. The standard InChI is InChI=1S/C17H18ClN5O/c1-11-7-19-23(8-11)15-9-22(10-15)12(2)16-20-21-17(24-16)13-4-3-5-14(18)6-13/h3-8,12,15H,9-10H2,1-2H3. The molecule has 1 fully saturated rings. The molecule has 6 nitrogen and oxygen atoms in total. The Labute approximate surface area is 145 Å². The Morgan fingerprint density at radius 3 is 2.83 bits per heavy atom. The van der Waals surface area contributed by atoms with Gasteiger partial charge in [0.25, 0.3) is 0 Å². The van der Waals surface area contributed by atoms with Crippen molar-refractivity contribution < 1.29 is 4.42 Å². The van der Waals surface area contributed by atoms with Gasteiger partial charge in [-0.3, -0.25) is 9.58 Å². The number of aryl methyl sites for hydroxylation is 1. The molecule has 1 unspecified atom stereocenters. The molecule has 1 atom stereocenters. The summed E-state index contributed by atoms with van der Waals surface area (Å²) < 4.78 is 7.87. The first-order chi connectivity index (χ1) is 11.6. The topological polar surface area (TPSA) is 60.0 Å². The molecule has 1 saturated heterocycles. The molecule has 1 aliphatic rings. The largest absolute Gasteiger partial charge is 0.419 e. The number of aromatic nitrogens is 4. The molecule has 0 bridgehead atoms. The zero-order valence-corrected chi connectivity index (χ0v) is 14.3. The number of benzene rings is 1. The van der Waals surface area contributed by atoms with E-state index in [4.69, 9.17) is 16.0 Å². The summed E-state index contributed by atoms with van der Waals surface area (Å²) in [7, 11) is 0. The van der Waals surface area contributed by atoms with E-state index in [1.54, 1.807) is 0 Å². The van der Waals surface area contributed by atoms with E-state index in [0.717, 1.165) is 18.7 Å². The van der Waals surface area contributed by atoms with Crippen LogP contribution in [-0.4, -0.2) is 38.0 Å². The van der Waals surface area contributed by atoms with Gasteiger partial charge in [0.05, 0.1) is 18.3 Å². The second kappa shape index (κ2) is 6.03. The Bertz CT molecular complexity index is 852. The number of nitrogens with zero attached hydrogens (tertiary/aromatic N) is 5. The Kier molecular flexibility index (Phi) is 3.86. The molecule has 7 heteroatoms. The van der Waals surface area contributed by atoms with E-state index in [2.05, 4.69) is 40.2 Å². The predicted octanol–water partition coefficient (Wildman–Crippen LogP) is 3.51. The van der Waals surface area contributed by atoms with Gasteiger partial charge in [-0.15, -0.1) is 10.2 Å². The highest BCUT2D eigenvalue weighted by Crippen LogP contribution is 2.31. The van der Waals surface area contributed by atoms with E-state index in [-0.39, 0.29) is 6.04 Å². The second-order valence-electron chi connectivity index (χ2n) is 6.24. The number of hydrogen-bond donors (Lipinski definition) is 0. The summed E-state index contributed by atoms with van der Waals surface area (Å²) in [5.74, 6) is 1.12. The molecule has 124 valence electrons. The molecule has 0 radical (unpaired) electrons. The summed E-state index contributed by atoms with van der Waals surface area (Å²) in [4.78, 5) is 2.30. The molecule has 1 aliphatic heterocycles. The van der Waals surface area contributed by atoms with Crippen molar-refractivity contribution in [2.45, 2.75) is 25.9 Å². The highest BCUT2D eigenvalue weighted by molar-refractivity contribution is 6.30. The van der Waals surface area contributed by atoms with E-state index in [1.807, 2.05) is 35.1 Å². The summed E-state index contributed by atoms with van der Waals surface area (Å²) in [6.07, 6.45) is 3.97. The molecule has 0 amide bonds. The van der Waals surface area contributed by atoms with Gasteiger partial charge in [-0.1, -0.05) is 17.7 Å². The lowest BCUT2D eigenvalue weighted by Crippen LogP contribution is -2.48. The minimum Gasteiger partial charge on any atom is -0.419 e. The van der Waals surface area contributed by atoms with Crippen LogP contribution < -0.4 is 0 Å². The molecule has 24 heavy (non-hydrogen) atoms. The van der Waals surface area contributed by atoms with Crippen LogP contribution >= 0.6 is 11.6 Å². The fourth-order valence-electron chi connectivity index (χ4n) is 2.90. The average molecular weight is 344 g/mol. The number of hydrogen-bond acceptors (Lipinski definition) is 5. The van der Waals surface area contributed by atoms with Crippen LogP contribution in [0.1, 0.15) is 30.5 Å². The van der Waals surface area contributed by atoms with Crippen molar-refractivity contribution in [1.82, 2.24) is 24.9 Å². The van der Waals surface area contributed by atoms with Gasteiger partial charge < -0.3 is 4.42 Å². The van der Waals surface area contributed by atoms with Gasteiger partial charge in [0.15, 0.2) is 0 Å². The first-order valence-corrected chi connectivity index (χ1v) is 8.32. The minimum atomic E-state index is 0.0818. The minimum absolute atomic E-state index is 0.0818. The fraction of sp³-hybridized carbons (Fsp3) is 0.353. The zero-order valence-electron chi connectivity index (χ0n) is 13.6. The Morgan fingerprint density at radius 2 is 2.12 bits per heavy atom. The Balaban J connectivity index is 1.44. The Hall–Kier alpha value is -2.18. The molecule has 1 aromatic carbocycles. The van der Waals surface area contributed by atoms with E-state index in [9.17, 15) is 0 Å². The third-order valence-electron chi connectivity index (χ3n) is 4.41. The van der Waals surface area contributed by atoms with Crippen molar-refractivity contribution in [1.29, 1.82) is 0 Å². The van der Waals surface area contributed by atoms with E-state index >= 15 is 0 Å². The monoisotopic (exact) mass is 343 g/mol. The van der Waals surface area contributed by atoms with Gasteiger partial charge in [-0.2, -0.15) is 5.10 Å². The van der Waals surface area contributed by atoms with Gasteiger partial charge in [0, 0.05) is 29.9 Å². The van der Waals surface area contributed by atoms with Crippen LogP contribution in [0.4, 0.5) is 0 Å². The average Bonchev–Trinajstić information content (AvgIpc) is 3.15. The van der Waals surface area contributed by atoms with Crippen LogP contribution in [0.3, 0.4) is 0 Å². The number of rotatable bonds is 4. The number of halogens is 1. The maximum Gasteiger partial charge on any atom is 0.247 e. The fourth-order valence-corrected chi connectivity index (χ4v) is 3.09. The highest BCUT2D eigenvalue weighted by atomic mass is 35.5. The van der Waals surface area contributed by atoms with E-state index in [1.165, 1.54) is 5.56 Å². The summed E-state index contributed by atoms with van der Waals surface area (Å²) in [5, 5.41) is 13.4. The molecule has 2 aromatic heterocycles. The van der Waals surface area contributed by atoms with Crippen molar-refractivity contribution in [3.8, 4) is 11.5 Å². The predicted molar refractivity (Wildman–Crippen MR) is 90.7 cm³/mol. The molecule has 3 aromatic rings. The third kappa shape index (κ3) is 2.83. The normalized spacial score (nSPS) is 17.0. The van der Waals surface area contributed by atoms with Crippen LogP contribution in [0.25, 0.3) is 11.5 Å². The molecule has 3 heterocycles. The first kappa shape index (κ1) is 15.4. The van der Waals surface area contributed by atoms with Gasteiger partial charge in [-0.05, 0) is 37.6 Å². The Morgan fingerprint density at radius 1 is 1.29 bits per heavy atom. The quantitative estimate of drug-likeness (QED) is 0.725. The van der Waals surface area contributed by atoms with Crippen molar-refractivity contribution in [3.63, 3.8) is 0 Å². The van der Waals surface area contributed by atoms with E-state index < -0.39 is 0 Å². The van der Waals surface area contributed by atoms with Crippen molar-refractivity contribution in [3.05, 3.63) is 53.1 Å². The number of likely N-dealkylation sites (tertiary alicyclic amines) is 1. The van der Waals surface area contributed by atoms with E-state index in [0.29, 0.717) is 22.8 Å². The van der Waals surface area contributed by atoms with Gasteiger partial charge >= 0.3 is 0 Å². The second-order valence-corrected chi connectivity index (χ2v) is 6.67. The molecular formula is C17H18ClN5O. The van der Waals surface area contributed by atoms with Crippen LogP contribution in [0.5, 0.6) is 0 Å². The molecule has 4 rings (SSSR count). The zero-order chi connectivity index (χ0) is 16.7. The van der Waals surface area contributed by atoms with Gasteiger partial charge in [0.1, 0.15) is 0 Å². The molecule has 0 spiro atoms. The smallest absolute Gasteiger partial charge is 0.247 e. The molecule has 0 saturated carbocycles. The van der Waals surface area contributed by atoms with Crippen molar-refractivity contribution >= 4 is 11.6 Å². The van der Waals surface area contributed by atoms with Crippen molar-refractivity contribution in [2.75, 3.05) is 13.1 Å². The maximum absolute atomic E-state index is 6.02. The van der Waals surface area contributed by atoms with Gasteiger partial charge in [0.2, 0.25) is 11.8 Å². The van der Waals surface area contributed by atoms with Crippen LogP contribution in [0.15, 0.2) is 41.1 Å². The lowest BCUT2D eigenvalue weighted by Gasteiger charge is -2.41. The van der Waals surface area contributed by atoms with Gasteiger partial charge in [-0.25, -0.2) is 0 Å². The third-order valence-corrected chi connectivity index (χ3v) is 4.65. The summed E-state index contributed by atoms with van der Waals surface area (Å²) in [6, 6.07) is 7.92. The molecule has 0 N–H and O–H groups in total.